The Kier molecular flexibility index (Phi) is 1.10. The van der Waals surface area contributed by atoms with Crippen molar-refractivity contribution < 1.29 is 0 Å². The van der Waals surface area contributed by atoms with Crippen LogP contribution in [0.15, 0.2) is 12.7 Å². The predicted octanol–water partition coefficient (Wildman–Crippen LogP) is 0.808. The van der Waals surface area contributed by atoms with E-state index in [4.69, 9.17) is 0 Å². The Morgan fingerprint density at radius 2 is 2.33 bits per heavy atom. The maximum Gasteiger partial charge on any atom is 0.0210 e. The van der Waals surface area contributed by atoms with Crippen molar-refractivity contribution >= 4 is 9.52 Å². The zero-order valence-corrected chi connectivity index (χ0v) is 5.40. The molecule has 1 aliphatic heterocycles. The summed E-state index contributed by atoms with van der Waals surface area (Å²) in [6.45, 7) is 3.70. The lowest BCUT2D eigenvalue weighted by atomic mass is 10.2. The molecule has 0 spiro atoms. The minimum Gasteiger partial charge on any atom is -0.103 e. The van der Waals surface area contributed by atoms with Gasteiger partial charge in [0.1, 0.15) is 0 Å². The van der Waals surface area contributed by atoms with Crippen molar-refractivity contribution in [2.75, 3.05) is 0 Å². The monoisotopic (exact) mass is 98.1 g/mol. The standard InChI is InChI=1S/C5H10Si/c1-2-5-3-6-4-5/h2,5H,1,3-4,6H2. The first-order valence-electron chi connectivity index (χ1n) is 2.56. The van der Waals surface area contributed by atoms with E-state index in [0.29, 0.717) is 9.52 Å². The first-order chi connectivity index (χ1) is 2.93. The smallest absolute Gasteiger partial charge is 0.0210 e. The molecule has 1 heterocycles. The minimum atomic E-state index is 0.475. The highest BCUT2D eigenvalue weighted by atomic mass is 28.2. The third kappa shape index (κ3) is 0.546. The van der Waals surface area contributed by atoms with E-state index in [0.717, 1.165) is 5.92 Å². The molecular formula is C5H10Si. The molecule has 1 fully saturated rings. The number of hydrogen-bond acceptors (Lipinski definition) is 0. The molecule has 0 aromatic heterocycles. The maximum atomic E-state index is 3.70. The van der Waals surface area contributed by atoms with Crippen LogP contribution in [0, 0.1) is 5.92 Å². The number of rotatable bonds is 1. The normalized spacial score (nSPS) is 35.7. The Bertz CT molecular complexity index is 55.0. The molecule has 0 nitrogen and oxygen atoms in total. The second kappa shape index (κ2) is 1.60. The molecule has 1 saturated heterocycles. The summed E-state index contributed by atoms with van der Waals surface area (Å²) in [6, 6.07) is 3.06. The molecule has 0 saturated carbocycles. The van der Waals surface area contributed by atoms with Gasteiger partial charge in [-0.2, -0.15) is 0 Å². The van der Waals surface area contributed by atoms with Crippen molar-refractivity contribution in [3.05, 3.63) is 12.7 Å². The molecule has 0 aromatic rings. The summed E-state index contributed by atoms with van der Waals surface area (Å²) in [5.74, 6) is 0.941. The Balaban J connectivity index is 2.16. The van der Waals surface area contributed by atoms with Gasteiger partial charge in [-0.1, -0.05) is 18.2 Å². The van der Waals surface area contributed by atoms with Gasteiger partial charge in [0, 0.05) is 9.52 Å². The van der Waals surface area contributed by atoms with Crippen LogP contribution >= 0.6 is 0 Å². The van der Waals surface area contributed by atoms with E-state index in [2.05, 4.69) is 12.7 Å². The molecule has 1 rings (SSSR count). The molecule has 0 amide bonds. The molecule has 0 N–H and O–H groups in total. The van der Waals surface area contributed by atoms with E-state index in [1.54, 1.807) is 0 Å². The van der Waals surface area contributed by atoms with Crippen LogP contribution in [-0.4, -0.2) is 9.52 Å². The van der Waals surface area contributed by atoms with E-state index >= 15 is 0 Å². The SMILES string of the molecule is C=CC1C[SiH2]C1. The Labute approximate surface area is 41.1 Å². The molecule has 0 atom stereocenters. The average Bonchev–Trinajstić information content (AvgIpc) is 1.31. The summed E-state index contributed by atoms with van der Waals surface area (Å²) in [5.41, 5.74) is 0. The summed E-state index contributed by atoms with van der Waals surface area (Å²) in [6.07, 6.45) is 2.09. The van der Waals surface area contributed by atoms with Gasteiger partial charge in [-0.25, -0.2) is 0 Å². The third-order valence-electron chi connectivity index (χ3n) is 1.48. The van der Waals surface area contributed by atoms with Gasteiger partial charge in [0.15, 0.2) is 0 Å². The second-order valence-corrected chi connectivity index (χ2v) is 3.79. The van der Waals surface area contributed by atoms with E-state index < -0.39 is 0 Å². The Morgan fingerprint density at radius 1 is 1.67 bits per heavy atom. The summed E-state index contributed by atoms with van der Waals surface area (Å²) < 4.78 is 0. The van der Waals surface area contributed by atoms with Crippen molar-refractivity contribution in [1.29, 1.82) is 0 Å². The fourth-order valence-corrected chi connectivity index (χ4v) is 2.03. The van der Waals surface area contributed by atoms with Crippen LogP contribution in [-0.2, 0) is 0 Å². The lowest BCUT2D eigenvalue weighted by molar-refractivity contribution is 0.751. The van der Waals surface area contributed by atoms with Crippen LogP contribution in [0.1, 0.15) is 0 Å². The van der Waals surface area contributed by atoms with Gasteiger partial charge >= 0.3 is 0 Å². The highest BCUT2D eigenvalue weighted by Gasteiger charge is 2.12. The molecule has 0 aliphatic carbocycles. The fraction of sp³-hybridized carbons (Fsp3) is 0.600. The summed E-state index contributed by atoms with van der Waals surface area (Å²) in [4.78, 5) is 0. The van der Waals surface area contributed by atoms with E-state index in [1.807, 2.05) is 0 Å². The molecular weight excluding hydrogens is 88.1 g/mol. The molecule has 0 aromatic carbocycles. The van der Waals surface area contributed by atoms with Crippen molar-refractivity contribution in [1.82, 2.24) is 0 Å². The molecule has 1 heteroatoms. The number of allylic oxidation sites excluding steroid dienone is 1. The molecule has 0 radical (unpaired) electrons. The Morgan fingerprint density at radius 3 is 2.33 bits per heavy atom. The molecule has 0 bridgehead atoms. The van der Waals surface area contributed by atoms with E-state index in [1.165, 1.54) is 12.1 Å². The van der Waals surface area contributed by atoms with Crippen molar-refractivity contribution in [3.63, 3.8) is 0 Å². The van der Waals surface area contributed by atoms with Crippen LogP contribution in [0.5, 0.6) is 0 Å². The van der Waals surface area contributed by atoms with Gasteiger partial charge in [0.2, 0.25) is 0 Å². The highest BCUT2D eigenvalue weighted by molar-refractivity contribution is 6.39. The zero-order valence-electron chi connectivity index (χ0n) is 3.98. The van der Waals surface area contributed by atoms with Gasteiger partial charge in [0.25, 0.3) is 0 Å². The average molecular weight is 98.2 g/mol. The zero-order chi connectivity index (χ0) is 4.41. The van der Waals surface area contributed by atoms with Crippen LogP contribution in [0.3, 0.4) is 0 Å². The molecule has 34 valence electrons. The quantitative estimate of drug-likeness (QED) is 0.336. The van der Waals surface area contributed by atoms with Crippen LogP contribution in [0.25, 0.3) is 0 Å². The van der Waals surface area contributed by atoms with Crippen molar-refractivity contribution in [3.8, 4) is 0 Å². The fourth-order valence-electron chi connectivity index (χ4n) is 0.676. The van der Waals surface area contributed by atoms with Crippen LogP contribution < -0.4 is 0 Å². The molecule has 6 heavy (non-hydrogen) atoms. The number of hydrogen-bond donors (Lipinski definition) is 0. The van der Waals surface area contributed by atoms with E-state index in [-0.39, 0.29) is 0 Å². The third-order valence-corrected chi connectivity index (χ3v) is 3.78. The summed E-state index contributed by atoms with van der Waals surface area (Å²) in [5, 5.41) is 0. The topological polar surface area (TPSA) is 0 Å². The van der Waals surface area contributed by atoms with Crippen LogP contribution in [0.2, 0.25) is 12.1 Å². The van der Waals surface area contributed by atoms with Crippen LogP contribution in [0.4, 0.5) is 0 Å². The van der Waals surface area contributed by atoms with Gasteiger partial charge in [0.05, 0.1) is 0 Å². The first kappa shape index (κ1) is 4.12. The predicted molar refractivity (Wildman–Crippen MR) is 31.8 cm³/mol. The largest absolute Gasteiger partial charge is 0.103 e. The molecule has 0 unspecified atom stereocenters. The van der Waals surface area contributed by atoms with Gasteiger partial charge < -0.3 is 0 Å². The van der Waals surface area contributed by atoms with Gasteiger partial charge in [-0.05, 0) is 5.92 Å². The lowest BCUT2D eigenvalue weighted by Crippen LogP contribution is -2.13. The Hall–Kier alpha value is -0.0431. The van der Waals surface area contributed by atoms with Gasteiger partial charge in [-0.3, -0.25) is 0 Å². The van der Waals surface area contributed by atoms with E-state index in [9.17, 15) is 0 Å². The van der Waals surface area contributed by atoms with Crippen molar-refractivity contribution in [2.24, 2.45) is 5.92 Å². The van der Waals surface area contributed by atoms with Crippen molar-refractivity contribution in [2.45, 2.75) is 12.1 Å². The molecule has 1 aliphatic rings. The minimum absolute atomic E-state index is 0.475. The highest BCUT2D eigenvalue weighted by Crippen LogP contribution is 2.20. The summed E-state index contributed by atoms with van der Waals surface area (Å²) in [7, 11) is 0.475. The maximum absolute atomic E-state index is 3.70. The second-order valence-electron chi connectivity index (χ2n) is 1.93. The summed E-state index contributed by atoms with van der Waals surface area (Å²) >= 11 is 0. The first-order valence-corrected chi connectivity index (χ1v) is 4.56. The lowest BCUT2D eigenvalue weighted by Gasteiger charge is -2.19. The van der Waals surface area contributed by atoms with Gasteiger partial charge in [-0.15, -0.1) is 6.58 Å².